The minimum Gasteiger partial charge on any atom is -0.370 e. The molecular formula is C15H23N3O2. The molecule has 0 aliphatic rings. The molecule has 0 spiro atoms. The standard InChI is InChI=1S/C15H23N3O2/c1-15(2,10-13(17)19)18-14(20)9-8-12(16)11-6-4-3-5-7-11/h3-7,12H,8-10,16H2,1-2H3,(H2,17,19)(H,18,20). The Kier molecular flexibility index (Phi) is 5.70. The molecule has 1 unspecified atom stereocenters. The van der Waals surface area contributed by atoms with Gasteiger partial charge in [-0.15, -0.1) is 0 Å². The lowest BCUT2D eigenvalue weighted by Gasteiger charge is -2.25. The van der Waals surface area contributed by atoms with Crippen molar-refractivity contribution in [3.05, 3.63) is 35.9 Å². The lowest BCUT2D eigenvalue weighted by molar-refractivity contribution is -0.124. The maximum atomic E-state index is 11.9. The van der Waals surface area contributed by atoms with Crippen LogP contribution >= 0.6 is 0 Å². The SMILES string of the molecule is CC(C)(CC(N)=O)NC(=O)CCC(N)c1ccccc1. The van der Waals surface area contributed by atoms with Crippen LogP contribution in [0.2, 0.25) is 0 Å². The fraction of sp³-hybridized carbons (Fsp3) is 0.467. The Hall–Kier alpha value is -1.88. The van der Waals surface area contributed by atoms with Crippen molar-refractivity contribution in [2.75, 3.05) is 0 Å². The van der Waals surface area contributed by atoms with Gasteiger partial charge in [-0.3, -0.25) is 9.59 Å². The number of amides is 2. The number of rotatable bonds is 7. The van der Waals surface area contributed by atoms with E-state index in [9.17, 15) is 9.59 Å². The first-order valence-corrected chi connectivity index (χ1v) is 6.70. The van der Waals surface area contributed by atoms with Gasteiger partial charge in [0.25, 0.3) is 0 Å². The number of primary amides is 1. The zero-order valence-corrected chi connectivity index (χ0v) is 12.1. The van der Waals surface area contributed by atoms with Gasteiger partial charge in [0, 0.05) is 24.4 Å². The van der Waals surface area contributed by atoms with Gasteiger partial charge in [0.2, 0.25) is 11.8 Å². The lowest BCUT2D eigenvalue weighted by Crippen LogP contribution is -2.46. The molecule has 0 saturated carbocycles. The van der Waals surface area contributed by atoms with Crippen LogP contribution < -0.4 is 16.8 Å². The van der Waals surface area contributed by atoms with Crippen molar-refractivity contribution in [1.29, 1.82) is 0 Å². The second-order valence-corrected chi connectivity index (χ2v) is 5.63. The Balaban J connectivity index is 2.42. The third kappa shape index (κ3) is 5.84. The summed E-state index contributed by atoms with van der Waals surface area (Å²) in [5.41, 5.74) is 11.6. The minimum atomic E-state index is -0.625. The molecule has 0 fully saturated rings. The van der Waals surface area contributed by atoms with E-state index in [0.717, 1.165) is 5.56 Å². The topological polar surface area (TPSA) is 98.2 Å². The van der Waals surface area contributed by atoms with Crippen molar-refractivity contribution in [2.45, 2.75) is 44.7 Å². The third-order valence-electron chi connectivity index (χ3n) is 3.00. The molecule has 1 rings (SSSR count). The Labute approximate surface area is 119 Å². The molecule has 0 bridgehead atoms. The van der Waals surface area contributed by atoms with E-state index in [2.05, 4.69) is 5.32 Å². The lowest BCUT2D eigenvalue weighted by atomic mass is 9.99. The molecule has 20 heavy (non-hydrogen) atoms. The average Bonchev–Trinajstić information content (AvgIpc) is 2.34. The molecule has 110 valence electrons. The Morgan fingerprint density at radius 3 is 2.40 bits per heavy atom. The van der Waals surface area contributed by atoms with Crippen LogP contribution in [0.15, 0.2) is 30.3 Å². The molecule has 5 N–H and O–H groups in total. The monoisotopic (exact) mass is 277 g/mol. The summed E-state index contributed by atoms with van der Waals surface area (Å²) in [7, 11) is 0. The summed E-state index contributed by atoms with van der Waals surface area (Å²) in [5, 5.41) is 2.80. The molecule has 5 heteroatoms. The van der Waals surface area contributed by atoms with Gasteiger partial charge in [-0.2, -0.15) is 0 Å². The summed E-state index contributed by atoms with van der Waals surface area (Å²) in [4.78, 5) is 22.8. The molecule has 5 nitrogen and oxygen atoms in total. The van der Waals surface area contributed by atoms with Gasteiger partial charge in [-0.1, -0.05) is 30.3 Å². The van der Waals surface area contributed by atoms with Crippen molar-refractivity contribution in [1.82, 2.24) is 5.32 Å². The number of hydrogen-bond acceptors (Lipinski definition) is 3. The van der Waals surface area contributed by atoms with Crippen molar-refractivity contribution in [3.8, 4) is 0 Å². The zero-order valence-electron chi connectivity index (χ0n) is 12.1. The van der Waals surface area contributed by atoms with Gasteiger partial charge >= 0.3 is 0 Å². The van der Waals surface area contributed by atoms with Gasteiger partial charge < -0.3 is 16.8 Å². The maximum Gasteiger partial charge on any atom is 0.220 e. The predicted molar refractivity (Wildman–Crippen MR) is 78.6 cm³/mol. The van der Waals surface area contributed by atoms with Gasteiger partial charge in [0.05, 0.1) is 0 Å². The van der Waals surface area contributed by atoms with Gasteiger partial charge in [0.15, 0.2) is 0 Å². The highest BCUT2D eigenvalue weighted by Gasteiger charge is 2.22. The predicted octanol–water partition coefficient (Wildman–Crippen LogP) is 1.24. The summed E-state index contributed by atoms with van der Waals surface area (Å²) in [6.45, 7) is 3.54. The molecular weight excluding hydrogens is 254 g/mol. The summed E-state index contributed by atoms with van der Waals surface area (Å²) in [5.74, 6) is -0.557. The normalized spacial score (nSPS) is 12.8. The molecule has 0 heterocycles. The highest BCUT2D eigenvalue weighted by Crippen LogP contribution is 2.16. The van der Waals surface area contributed by atoms with E-state index in [0.29, 0.717) is 12.8 Å². The molecule has 0 aliphatic carbocycles. The number of carbonyl (C=O) groups is 2. The van der Waals surface area contributed by atoms with E-state index in [-0.39, 0.29) is 18.4 Å². The molecule has 0 radical (unpaired) electrons. The van der Waals surface area contributed by atoms with Crippen LogP contribution in [-0.2, 0) is 9.59 Å². The maximum absolute atomic E-state index is 11.9. The quantitative estimate of drug-likeness (QED) is 0.699. The second kappa shape index (κ2) is 7.05. The summed E-state index contributed by atoms with van der Waals surface area (Å²) >= 11 is 0. The second-order valence-electron chi connectivity index (χ2n) is 5.63. The highest BCUT2D eigenvalue weighted by molar-refractivity contribution is 5.79. The Bertz CT molecular complexity index is 457. The molecule has 0 saturated heterocycles. The van der Waals surface area contributed by atoms with Crippen LogP contribution in [0.25, 0.3) is 0 Å². The summed E-state index contributed by atoms with van der Waals surface area (Å²) < 4.78 is 0. The van der Waals surface area contributed by atoms with Crippen LogP contribution in [0.1, 0.15) is 44.7 Å². The van der Waals surface area contributed by atoms with Crippen molar-refractivity contribution < 1.29 is 9.59 Å². The average molecular weight is 277 g/mol. The van der Waals surface area contributed by atoms with Crippen molar-refractivity contribution in [2.24, 2.45) is 11.5 Å². The van der Waals surface area contributed by atoms with E-state index in [1.54, 1.807) is 13.8 Å². The molecule has 1 aromatic carbocycles. The van der Waals surface area contributed by atoms with E-state index in [1.165, 1.54) is 0 Å². The first kappa shape index (κ1) is 16.2. The van der Waals surface area contributed by atoms with Gasteiger partial charge in [-0.05, 0) is 25.8 Å². The van der Waals surface area contributed by atoms with Crippen LogP contribution in [0.3, 0.4) is 0 Å². The first-order valence-electron chi connectivity index (χ1n) is 6.70. The summed E-state index contributed by atoms with van der Waals surface area (Å²) in [6.07, 6.45) is 0.990. The van der Waals surface area contributed by atoms with Crippen LogP contribution in [0.5, 0.6) is 0 Å². The Morgan fingerprint density at radius 2 is 1.85 bits per heavy atom. The molecule has 0 aliphatic heterocycles. The molecule has 1 atom stereocenters. The van der Waals surface area contributed by atoms with E-state index in [4.69, 9.17) is 11.5 Å². The molecule has 1 aromatic rings. The first-order chi connectivity index (χ1) is 9.30. The van der Waals surface area contributed by atoms with Crippen molar-refractivity contribution >= 4 is 11.8 Å². The smallest absolute Gasteiger partial charge is 0.220 e. The third-order valence-corrected chi connectivity index (χ3v) is 3.00. The number of hydrogen-bond donors (Lipinski definition) is 3. The van der Waals surface area contributed by atoms with Gasteiger partial charge in [-0.25, -0.2) is 0 Å². The number of nitrogens with two attached hydrogens (primary N) is 2. The van der Waals surface area contributed by atoms with Crippen LogP contribution in [0, 0.1) is 0 Å². The van der Waals surface area contributed by atoms with Crippen molar-refractivity contribution in [3.63, 3.8) is 0 Å². The zero-order chi connectivity index (χ0) is 15.2. The fourth-order valence-corrected chi connectivity index (χ4v) is 2.07. The minimum absolute atomic E-state index is 0.115. The summed E-state index contributed by atoms with van der Waals surface area (Å²) in [6, 6.07) is 9.49. The highest BCUT2D eigenvalue weighted by atomic mass is 16.2. The van der Waals surface area contributed by atoms with E-state index < -0.39 is 11.4 Å². The fourth-order valence-electron chi connectivity index (χ4n) is 2.07. The van der Waals surface area contributed by atoms with Gasteiger partial charge in [0.1, 0.15) is 0 Å². The number of nitrogens with one attached hydrogen (secondary N) is 1. The van der Waals surface area contributed by atoms with E-state index in [1.807, 2.05) is 30.3 Å². The molecule has 2 amide bonds. The van der Waals surface area contributed by atoms with E-state index >= 15 is 0 Å². The Morgan fingerprint density at radius 1 is 1.25 bits per heavy atom. The van der Waals surface area contributed by atoms with Crippen LogP contribution in [-0.4, -0.2) is 17.4 Å². The molecule has 0 aromatic heterocycles. The van der Waals surface area contributed by atoms with Crippen LogP contribution in [0.4, 0.5) is 0 Å². The number of benzene rings is 1. The number of carbonyl (C=O) groups excluding carboxylic acids is 2. The largest absolute Gasteiger partial charge is 0.370 e.